The maximum atomic E-state index is 12.6. The van der Waals surface area contributed by atoms with E-state index in [0.29, 0.717) is 13.1 Å². The number of likely N-dealkylation sites (N-methyl/N-ethyl adjacent to an activating group) is 1. The molecule has 0 unspecified atom stereocenters. The molecule has 158 valence electrons. The van der Waals surface area contributed by atoms with Gasteiger partial charge in [-0.1, -0.05) is 42.5 Å². The van der Waals surface area contributed by atoms with E-state index in [-0.39, 0.29) is 18.2 Å². The zero-order valence-electron chi connectivity index (χ0n) is 17.6. The van der Waals surface area contributed by atoms with Crippen molar-refractivity contribution in [2.24, 2.45) is 0 Å². The maximum absolute atomic E-state index is 12.6. The van der Waals surface area contributed by atoms with Gasteiger partial charge in [-0.25, -0.2) is 0 Å². The van der Waals surface area contributed by atoms with E-state index >= 15 is 0 Å². The normalized spacial score (nSPS) is 18.8. The monoisotopic (exact) mass is 406 g/mol. The zero-order chi connectivity index (χ0) is 20.9. The van der Waals surface area contributed by atoms with Gasteiger partial charge in [-0.3, -0.25) is 14.5 Å². The summed E-state index contributed by atoms with van der Waals surface area (Å²) in [5.41, 5.74) is 4.96. The molecule has 2 aromatic carbocycles. The third-order valence-corrected chi connectivity index (χ3v) is 6.11. The van der Waals surface area contributed by atoms with Gasteiger partial charge < -0.3 is 15.5 Å². The minimum atomic E-state index is -0.406. The summed E-state index contributed by atoms with van der Waals surface area (Å²) in [6.45, 7) is 3.72. The summed E-state index contributed by atoms with van der Waals surface area (Å²) in [6, 6.07) is 16.2. The molecule has 0 aromatic heterocycles. The van der Waals surface area contributed by atoms with Crippen LogP contribution in [0, 0.1) is 0 Å². The Balaban J connectivity index is 1.31. The molecular weight excluding hydrogens is 376 g/mol. The number of benzene rings is 2. The molecular formula is C24H30N4O2. The first-order valence-electron chi connectivity index (χ1n) is 10.8. The van der Waals surface area contributed by atoms with Crippen LogP contribution in [0.25, 0.3) is 0 Å². The van der Waals surface area contributed by atoms with Crippen molar-refractivity contribution in [3.63, 3.8) is 0 Å². The molecule has 0 spiro atoms. The molecule has 6 heteroatoms. The molecule has 2 aliphatic rings. The van der Waals surface area contributed by atoms with E-state index < -0.39 is 6.04 Å². The molecule has 0 radical (unpaired) electrons. The Hall–Kier alpha value is -2.86. The first-order valence-corrected chi connectivity index (χ1v) is 10.8. The van der Waals surface area contributed by atoms with Gasteiger partial charge in [0, 0.05) is 45.5 Å². The summed E-state index contributed by atoms with van der Waals surface area (Å²) in [4.78, 5) is 29.4. The Bertz CT molecular complexity index is 899. The predicted octanol–water partition coefficient (Wildman–Crippen LogP) is 1.73. The Morgan fingerprint density at radius 2 is 1.97 bits per heavy atom. The van der Waals surface area contributed by atoms with Crippen LogP contribution in [0.3, 0.4) is 0 Å². The highest BCUT2D eigenvalue weighted by Crippen LogP contribution is 2.27. The maximum Gasteiger partial charge on any atom is 0.237 e. The molecule has 2 amide bonds. The molecule has 1 atom stereocenters. The topological polar surface area (TPSA) is 64.7 Å². The van der Waals surface area contributed by atoms with Gasteiger partial charge in [0.1, 0.15) is 0 Å². The van der Waals surface area contributed by atoms with Crippen LogP contribution in [0.2, 0.25) is 0 Å². The molecule has 1 saturated heterocycles. The van der Waals surface area contributed by atoms with Gasteiger partial charge in [-0.05, 0) is 35.6 Å². The average molecular weight is 407 g/mol. The van der Waals surface area contributed by atoms with E-state index in [2.05, 4.69) is 57.8 Å². The first kappa shape index (κ1) is 20.4. The molecule has 2 aromatic rings. The largest absolute Gasteiger partial charge is 0.374 e. The smallest absolute Gasteiger partial charge is 0.237 e. The molecule has 2 N–H and O–H groups in total. The van der Waals surface area contributed by atoms with Crippen molar-refractivity contribution in [2.45, 2.75) is 31.8 Å². The highest BCUT2D eigenvalue weighted by molar-refractivity contribution is 5.88. The fraction of sp³-hybridized carbons (Fsp3) is 0.417. The number of amides is 2. The van der Waals surface area contributed by atoms with Gasteiger partial charge >= 0.3 is 0 Å². The summed E-state index contributed by atoms with van der Waals surface area (Å²) in [5, 5.41) is 5.91. The van der Waals surface area contributed by atoms with Gasteiger partial charge in [-0.2, -0.15) is 0 Å². The van der Waals surface area contributed by atoms with Crippen molar-refractivity contribution in [3.8, 4) is 0 Å². The van der Waals surface area contributed by atoms with Crippen molar-refractivity contribution in [1.29, 1.82) is 0 Å². The lowest BCUT2D eigenvalue weighted by Gasteiger charge is -2.34. The van der Waals surface area contributed by atoms with Crippen molar-refractivity contribution in [3.05, 3.63) is 65.2 Å². The van der Waals surface area contributed by atoms with Crippen LogP contribution < -0.4 is 15.5 Å². The summed E-state index contributed by atoms with van der Waals surface area (Å²) < 4.78 is 0. The molecule has 6 nitrogen and oxygen atoms in total. The number of anilines is 1. The zero-order valence-corrected chi connectivity index (χ0v) is 17.6. The van der Waals surface area contributed by atoms with E-state index in [9.17, 15) is 9.59 Å². The molecule has 30 heavy (non-hydrogen) atoms. The lowest BCUT2D eigenvalue weighted by molar-refractivity contribution is -0.133. The summed E-state index contributed by atoms with van der Waals surface area (Å²) in [7, 11) is 2.10. The standard InChI is InChI=1S/C24H30N4O2/c1-27-12-10-20-15-19(7-8-21(20)27)17-26-23(29)16-22-24(30)25-11-14-28(22)13-9-18-5-3-2-4-6-18/h2-8,15,22H,9-14,16-17H2,1H3,(H,25,30)(H,26,29)/t22-/m0/s1. The molecule has 0 bridgehead atoms. The van der Waals surface area contributed by atoms with Crippen molar-refractivity contribution in [2.75, 3.05) is 38.1 Å². The lowest BCUT2D eigenvalue weighted by Crippen LogP contribution is -2.56. The number of nitrogens with one attached hydrogen (secondary N) is 2. The molecule has 0 saturated carbocycles. The molecule has 0 aliphatic carbocycles. The molecule has 4 rings (SSSR count). The van der Waals surface area contributed by atoms with Crippen LogP contribution in [-0.2, 0) is 29.0 Å². The van der Waals surface area contributed by atoms with Crippen molar-refractivity contribution in [1.82, 2.24) is 15.5 Å². The van der Waals surface area contributed by atoms with Crippen LogP contribution in [0.15, 0.2) is 48.5 Å². The summed E-state index contributed by atoms with van der Waals surface area (Å²) >= 11 is 0. The van der Waals surface area contributed by atoms with Crippen LogP contribution >= 0.6 is 0 Å². The van der Waals surface area contributed by atoms with Crippen molar-refractivity contribution >= 4 is 17.5 Å². The number of rotatable bonds is 7. The van der Waals surface area contributed by atoms with Gasteiger partial charge in [-0.15, -0.1) is 0 Å². The fourth-order valence-electron chi connectivity index (χ4n) is 4.35. The Kier molecular flexibility index (Phi) is 6.33. The van der Waals surface area contributed by atoms with E-state index in [1.165, 1.54) is 16.8 Å². The fourth-order valence-corrected chi connectivity index (χ4v) is 4.35. The minimum absolute atomic E-state index is 0.0509. The van der Waals surface area contributed by atoms with Gasteiger partial charge in [0.25, 0.3) is 0 Å². The van der Waals surface area contributed by atoms with Gasteiger partial charge in [0.05, 0.1) is 12.5 Å². The third kappa shape index (κ3) is 4.82. The number of carbonyl (C=O) groups is 2. The second-order valence-corrected chi connectivity index (χ2v) is 8.19. The average Bonchev–Trinajstić information content (AvgIpc) is 3.13. The van der Waals surface area contributed by atoms with Crippen LogP contribution in [0.5, 0.6) is 0 Å². The highest BCUT2D eigenvalue weighted by atomic mass is 16.2. The van der Waals surface area contributed by atoms with E-state index in [1.807, 2.05) is 18.2 Å². The lowest BCUT2D eigenvalue weighted by atomic mass is 10.1. The predicted molar refractivity (Wildman–Crippen MR) is 118 cm³/mol. The van der Waals surface area contributed by atoms with Gasteiger partial charge in [0.15, 0.2) is 0 Å². The second-order valence-electron chi connectivity index (χ2n) is 8.19. The summed E-state index contributed by atoms with van der Waals surface area (Å²) in [6.07, 6.45) is 2.11. The Labute approximate surface area is 178 Å². The van der Waals surface area contributed by atoms with Crippen molar-refractivity contribution < 1.29 is 9.59 Å². The molecule has 2 aliphatic heterocycles. The van der Waals surface area contributed by atoms with Crippen LogP contribution in [-0.4, -0.2) is 56.0 Å². The number of carbonyl (C=O) groups excluding carboxylic acids is 2. The minimum Gasteiger partial charge on any atom is -0.374 e. The third-order valence-electron chi connectivity index (χ3n) is 6.11. The van der Waals surface area contributed by atoms with Crippen LogP contribution in [0.1, 0.15) is 23.1 Å². The van der Waals surface area contributed by atoms with E-state index in [1.54, 1.807) is 0 Å². The highest BCUT2D eigenvalue weighted by Gasteiger charge is 2.31. The first-order chi connectivity index (χ1) is 14.6. The molecule has 2 heterocycles. The van der Waals surface area contributed by atoms with Crippen LogP contribution in [0.4, 0.5) is 5.69 Å². The quantitative estimate of drug-likeness (QED) is 0.735. The Morgan fingerprint density at radius 1 is 1.13 bits per heavy atom. The second kappa shape index (κ2) is 9.30. The van der Waals surface area contributed by atoms with E-state index in [0.717, 1.165) is 38.0 Å². The number of fused-ring (bicyclic) bond motifs is 1. The SMILES string of the molecule is CN1CCc2cc(CNC(=O)C[C@H]3C(=O)NCCN3CCc3ccccc3)ccc21. The molecule has 1 fully saturated rings. The van der Waals surface area contributed by atoms with Gasteiger partial charge in [0.2, 0.25) is 11.8 Å². The summed E-state index contributed by atoms with van der Waals surface area (Å²) in [5.74, 6) is -0.135. The van der Waals surface area contributed by atoms with E-state index in [4.69, 9.17) is 0 Å². The number of hydrogen-bond acceptors (Lipinski definition) is 4. The number of piperazine rings is 1. The number of hydrogen-bond donors (Lipinski definition) is 2. The Morgan fingerprint density at radius 3 is 2.80 bits per heavy atom. The number of nitrogens with zero attached hydrogens (tertiary/aromatic N) is 2.